The van der Waals surface area contributed by atoms with Crippen LogP contribution in [-0.2, 0) is 11.8 Å². The Kier molecular flexibility index (Phi) is 4.77. The van der Waals surface area contributed by atoms with E-state index in [9.17, 15) is 9.59 Å². The van der Waals surface area contributed by atoms with E-state index in [4.69, 9.17) is 0 Å². The molecule has 124 valence electrons. The van der Waals surface area contributed by atoms with Crippen molar-refractivity contribution in [1.82, 2.24) is 14.5 Å². The standard InChI is InChI=1S/C16H21N3O2S2/c1-10-11(2)23-14-13(10)15(21)18(3)16(17-14)22-9-12(20)19-7-5-4-6-8-19/h4-9H2,1-3H3. The fourth-order valence-electron chi connectivity index (χ4n) is 2.85. The average molecular weight is 351 g/mol. The van der Waals surface area contributed by atoms with Crippen molar-refractivity contribution in [3.8, 4) is 0 Å². The highest BCUT2D eigenvalue weighted by atomic mass is 32.2. The third-order valence-corrected chi connectivity index (χ3v) is 6.52. The number of rotatable bonds is 3. The van der Waals surface area contributed by atoms with Gasteiger partial charge in [-0.1, -0.05) is 11.8 Å². The number of thioether (sulfide) groups is 1. The number of carbonyl (C=O) groups excluding carboxylic acids is 1. The number of amides is 1. The van der Waals surface area contributed by atoms with Crippen LogP contribution in [0.5, 0.6) is 0 Å². The van der Waals surface area contributed by atoms with Gasteiger partial charge in [0, 0.05) is 25.0 Å². The van der Waals surface area contributed by atoms with Crippen LogP contribution in [0, 0.1) is 13.8 Å². The molecular formula is C16H21N3O2S2. The van der Waals surface area contributed by atoms with E-state index in [2.05, 4.69) is 4.98 Å². The lowest BCUT2D eigenvalue weighted by Crippen LogP contribution is -2.36. The summed E-state index contributed by atoms with van der Waals surface area (Å²) in [6, 6.07) is 0. The Morgan fingerprint density at radius 2 is 1.96 bits per heavy atom. The predicted octanol–water partition coefficient (Wildman–Crippen LogP) is 2.72. The first kappa shape index (κ1) is 16.5. The molecule has 0 bridgehead atoms. The lowest BCUT2D eigenvalue weighted by molar-refractivity contribution is -0.129. The molecule has 0 N–H and O–H groups in total. The summed E-state index contributed by atoms with van der Waals surface area (Å²) in [4.78, 5) is 33.3. The summed E-state index contributed by atoms with van der Waals surface area (Å²) in [6.45, 7) is 5.68. The van der Waals surface area contributed by atoms with Gasteiger partial charge in [-0.3, -0.25) is 14.2 Å². The largest absolute Gasteiger partial charge is 0.342 e. The maximum Gasteiger partial charge on any atom is 0.262 e. The molecule has 3 heterocycles. The first-order valence-electron chi connectivity index (χ1n) is 7.86. The predicted molar refractivity (Wildman–Crippen MR) is 95.5 cm³/mol. The normalized spacial score (nSPS) is 15.3. The van der Waals surface area contributed by atoms with Gasteiger partial charge in [0.1, 0.15) is 4.83 Å². The van der Waals surface area contributed by atoms with E-state index in [-0.39, 0.29) is 11.5 Å². The van der Waals surface area contributed by atoms with Gasteiger partial charge in [-0.25, -0.2) is 4.98 Å². The molecule has 3 rings (SSSR count). The Balaban J connectivity index is 1.81. The van der Waals surface area contributed by atoms with Crippen LogP contribution in [0.4, 0.5) is 0 Å². The highest BCUT2D eigenvalue weighted by Crippen LogP contribution is 2.28. The van der Waals surface area contributed by atoms with E-state index in [0.717, 1.165) is 41.2 Å². The summed E-state index contributed by atoms with van der Waals surface area (Å²) in [5, 5.41) is 1.33. The van der Waals surface area contributed by atoms with Crippen LogP contribution in [-0.4, -0.2) is 39.2 Å². The molecule has 23 heavy (non-hydrogen) atoms. The fourth-order valence-corrected chi connectivity index (χ4v) is 4.79. The zero-order valence-corrected chi connectivity index (χ0v) is 15.4. The Labute approximate surface area is 143 Å². The van der Waals surface area contributed by atoms with Crippen LogP contribution in [0.15, 0.2) is 9.95 Å². The third kappa shape index (κ3) is 3.17. The third-order valence-electron chi connectivity index (χ3n) is 4.40. The SMILES string of the molecule is Cc1sc2nc(SCC(=O)N3CCCCC3)n(C)c(=O)c2c1C. The van der Waals surface area contributed by atoms with Gasteiger partial charge < -0.3 is 4.90 Å². The molecule has 1 fully saturated rings. The number of thiophene rings is 1. The molecule has 0 aliphatic carbocycles. The minimum Gasteiger partial charge on any atom is -0.342 e. The summed E-state index contributed by atoms with van der Waals surface area (Å²) in [5.74, 6) is 0.484. The second-order valence-electron chi connectivity index (χ2n) is 5.95. The van der Waals surface area contributed by atoms with Crippen LogP contribution < -0.4 is 5.56 Å². The maximum atomic E-state index is 12.6. The minimum absolute atomic E-state index is 0.0234. The number of carbonyl (C=O) groups is 1. The first-order chi connectivity index (χ1) is 11.0. The van der Waals surface area contributed by atoms with Crippen molar-refractivity contribution in [2.24, 2.45) is 7.05 Å². The van der Waals surface area contributed by atoms with Gasteiger partial charge in [-0.15, -0.1) is 11.3 Å². The highest BCUT2D eigenvalue weighted by Gasteiger charge is 2.19. The molecule has 2 aromatic rings. The monoisotopic (exact) mass is 351 g/mol. The van der Waals surface area contributed by atoms with Crippen molar-refractivity contribution in [1.29, 1.82) is 0 Å². The molecule has 0 radical (unpaired) electrons. The molecule has 0 aromatic carbocycles. The van der Waals surface area contributed by atoms with Crippen molar-refractivity contribution in [2.75, 3.05) is 18.8 Å². The van der Waals surface area contributed by atoms with Gasteiger partial charge in [0.2, 0.25) is 5.91 Å². The van der Waals surface area contributed by atoms with Gasteiger partial charge in [0.15, 0.2) is 5.16 Å². The number of aromatic nitrogens is 2. The smallest absolute Gasteiger partial charge is 0.262 e. The number of hydrogen-bond donors (Lipinski definition) is 0. The summed E-state index contributed by atoms with van der Waals surface area (Å²) in [6.07, 6.45) is 3.39. The molecule has 1 aliphatic heterocycles. The van der Waals surface area contributed by atoms with Gasteiger partial charge in [0.25, 0.3) is 5.56 Å². The van der Waals surface area contributed by atoms with Crippen LogP contribution in [0.2, 0.25) is 0 Å². The van der Waals surface area contributed by atoms with Crippen molar-refractivity contribution in [3.05, 3.63) is 20.8 Å². The van der Waals surface area contributed by atoms with E-state index in [1.807, 2.05) is 18.7 Å². The van der Waals surface area contributed by atoms with Crippen molar-refractivity contribution in [2.45, 2.75) is 38.3 Å². The van der Waals surface area contributed by atoms with Crippen LogP contribution in [0.3, 0.4) is 0 Å². The number of likely N-dealkylation sites (tertiary alicyclic amines) is 1. The molecule has 2 aromatic heterocycles. The van der Waals surface area contributed by atoms with E-state index in [1.54, 1.807) is 23.0 Å². The lowest BCUT2D eigenvalue weighted by Gasteiger charge is -2.26. The van der Waals surface area contributed by atoms with E-state index >= 15 is 0 Å². The summed E-state index contributed by atoms with van der Waals surface area (Å²) >= 11 is 2.91. The molecule has 0 spiro atoms. The summed E-state index contributed by atoms with van der Waals surface area (Å²) in [5.41, 5.74) is 0.990. The van der Waals surface area contributed by atoms with Crippen LogP contribution >= 0.6 is 23.1 Å². The van der Waals surface area contributed by atoms with Gasteiger partial charge in [-0.05, 0) is 38.7 Å². The van der Waals surface area contributed by atoms with Gasteiger partial charge >= 0.3 is 0 Å². The molecule has 5 nitrogen and oxygen atoms in total. The second-order valence-corrected chi connectivity index (χ2v) is 8.10. The number of nitrogens with zero attached hydrogens (tertiary/aromatic N) is 3. The molecule has 1 aliphatic rings. The molecule has 0 atom stereocenters. The highest BCUT2D eigenvalue weighted by molar-refractivity contribution is 7.99. The van der Waals surface area contributed by atoms with E-state index in [1.165, 1.54) is 18.2 Å². The van der Waals surface area contributed by atoms with Gasteiger partial charge in [-0.2, -0.15) is 0 Å². The molecule has 0 saturated carbocycles. The Morgan fingerprint density at radius 1 is 1.26 bits per heavy atom. The lowest BCUT2D eigenvalue weighted by atomic mass is 10.1. The summed E-state index contributed by atoms with van der Waals surface area (Å²) in [7, 11) is 1.73. The number of hydrogen-bond acceptors (Lipinski definition) is 5. The Hall–Kier alpha value is -1.34. The molecule has 1 saturated heterocycles. The Morgan fingerprint density at radius 3 is 2.65 bits per heavy atom. The minimum atomic E-state index is -0.0234. The number of aryl methyl sites for hydroxylation is 2. The van der Waals surface area contributed by atoms with Crippen molar-refractivity contribution < 1.29 is 4.79 Å². The molecule has 1 amide bonds. The van der Waals surface area contributed by atoms with Crippen molar-refractivity contribution in [3.63, 3.8) is 0 Å². The van der Waals surface area contributed by atoms with E-state index < -0.39 is 0 Å². The molecule has 7 heteroatoms. The van der Waals surface area contributed by atoms with Gasteiger partial charge in [0.05, 0.1) is 11.1 Å². The Bertz CT molecular complexity index is 804. The first-order valence-corrected chi connectivity index (χ1v) is 9.66. The quantitative estimate of drug-likeness (QED) is 0.630. The average Bonchev–Trinajstić information content (AvgIpc) is 2.84. The van der Waals surface area contributed by atoms with Crippen molar-refractivity contribution >= 4 is 39.2 Å². The maximum absolute atomic E-state index is 12.6. The zero-order chi connectivity index (χ0) is 16.6. The molecular weight excluding hydrogens is 330 g/mol. The summed E-state index contributed by atoms with van der Waals surface area (Å²) < 4.78 is 1.57. The fraction of sp³-hybridized carbons (Fsp3) is 0.562. The van der Waals surface area contributed by atoms with Crippen LogP contribution in [0.1, 0.15) is 29.7 Å². The number of fused-ring (bicyclic) bond motifs is 1. The molecule has 0 unspecified atom stereocenters. The van der Waals surface area contributed by atoms with Crippen LogP contribution in [0.25, 0.3) is 10.2 Å². The topological polar surface area (TPSA) is 55.2 Å². The number of piperidine rings is 1. The van der Waals surface area contributed by atoms with E-state index in [0.29, 0.717) is 16.3 Å². The zero-order valence-electron chi connectivity index (χ0n) is 13.7. The second kappa shape index (κ2) is 6.65.